The monoisotopic (exact) mass is 266 g/mol. The lowest BCUT2D eigenvalue weighted by molar-refractivity contribution is -0.115. The van der Waals surface area contributed by atoms with Crippen molar-refractivity contribution in [2.45, 2.75) is 26.2 Å². The number of unbranched alkanes of at least 4 members (excludes halogenated alkanes) is 2. The van der Waals surface area contributed by atoms with Crippen molar-refractivity contribution in [1.82, 2.24) is 0 Å². The molecule has 0 unspecified atom stereocenters. The van der Waals surface area contributed by atoms with E-state index in [-0.39, 0.29) is 5.78 Å². The molecule has 3 rings (SSSR count). The quantitative estimate of drug-likeness (QED) is 0.749. The van der Waals surface area contributed by atoms with E-state index in [0.717, 1.165) is 41.5 Å². The Bertz CT molecular complexity index is 633. The molecule has 2 aliphatic rings. The van der Waals surface area contributed by atoms with Crippen LogP contribution in [0.2, 0.25) is 0 Å². The van der Waals surface area contributed by atoms with Gasteiger partial charge in [-0.15, -0.1) is 0 Å². The molecular formula is C18H18O2. The summed E-state index contributed by atoms with van der Waals surface area (Å²) in [7, 11) is 0. The van der Waals surface area contributed by atoms with Crippen LogP contribution < -0.4 is 0 Å². The normalized spacial score (nSPS) is 16.1. The van der Waals surface area contributed by atoms with Crippen LogP contribution in [0.3, 0.4) is 0 Å². The highest BCUT2D eigenvalue weighted by Crippen LogP contribution is 2.39. The summed E-state index contributed by atoms with van der Waals surface area (Å²) in [6.07, 6.45) is 9.05. The molecule has 0 saturated carbocycles. The van der Waals surface area contributed by atoms with Crippen molar-refractivity contribution in [3.8, 4) is 0 Å². The van der Waals surface area contributed by atoms with Crippen molar-refractivity contribution < 1.29 is 9.53 Å². The minimum Gasteiger partial charge on any atom is -0.489 e. The molecule has 0 N–H and O–H groups in total. The Labute approximate surface area is 119 Å². The van der Waals surface area contributed by atoms with Crippen LogP contribution in [0.1, 0.15) is 37.3 Å². The number of carbonyl (C=O) groups excluding carboxylic acids is 1. The van der Waals surface area contributed by atoms with Gasteiger partial charge in [0.1, 0.15) is 0 Å². The number of ketones is 1. The van der Waals surface area contributed by atoms with E-state index in [4.69, 9.17) is 4.74 Å². The first-order chi connectivity index (χ1) is 9.81. The number of Topliss-reactive ketones (excluding diaryl/α,β-unsaturated/α-hetero) is 1. The molecule has 0 radical (unpaired) electrons. The van der Waals surface area contributed by atoms with Gasteiger partial charge in [-0.2, -0.15) is 0 Å². The van der Waals surface area contributed by atoms with Gasteiger partial charge in [0, 0.05) is 5.57 Å². The van der Waals surface area contributed by atoms with Gasteiger partial charge >= 0.3 is 0 Å². The molecule has 0 fully saturated rings. The molecule has 0 aliphatic heterocycles. The maximum absolute atomic E-state index is 12.4. The third kappa shape index (κ3) is 2.22. The molecule has 2 heteroatoms. The summed E-state index contributed by atoms with van der Waals surface area (Å²) < 4.78 is 5.63. The molecule has 1 aromatic carbocycles. The third-order valence-corrected chi connectivity index (χ3v) is 3.72. The molecule has 0 bridgehead atoms. The first kappa shape index (κ1) is 12.9. The summed E-state index contributed by atoms with van der Waals surface area (Å²) in [5.74, 6) is 0.485. The van der Waals surface area contributed by atoms with Crippen molar-refractivity contribution in [3.05, 3.63) is 58.9 Å². The summed E-state index contributed by atoms with van der Waals surface area (Å²) in [6, 6.07) is 8.09. The van der Waals surface area contributed by atoms with Crippen LogP contribution in [0, 0.1) is 0 Å². The van der Waals surface area contributed by atoms with Gasteiger partial charge in [0.05, 0.1) is 6.61 Å². The van der Waals surface area contributed by atoms with E-state index in [1.807, 2.05) is 36.4 Å². The van der Waals surface area contributed by atoms with Crippen molar-refractivity contribution in [2.75, 3.05) is 6.61 Å². The molecule has 102 valence electrons. The predicted molar refractivity (Wildman–Crippen MR) is 81.0 cm³/mol. The number of hydrogen-bond acceptors (Lipinski definition) is 2. The smallest absolute Gasteiger partial charge is 0.228 e. The number of ether oxygens (including phenoxy) is 1. The molecule has 0 amide bonds. The van der Waals surface area contributed by atoms with E-state index in [2.05, 4.69) is 13.0 Å². The molecule has 0 saturated heterocycles. The van der Waals surface area contributed by atoms with Gasteiger partial charge in [-0.3, -0.25) is 4.79 Å². The van der Waals surface area contributed by atoms with E-state index in [0.29, 0.717) is 12.4 Å². The van der Waals surface area contributed by atoms with E-state index in [1.54, 1.807) is 0 Å². The van der Waals surface area contributed by atoms with Gasteiger partial charge in [-0.1, -0.05) is 44.0 Å². The predicted octanol–water partition coefficient (Wildman–Crippen LogP) is 4.14. The van der Waals surface area contributed by atoms with Crippen molar-refractivity contribution in [1.29, 1.82) is 0 Å². The third-order valence-electron chi connectivity index (χ3n) is 3.72. The summed E-state index contributed by atoms with van der Waals surface area (Å²) in [6.45, 7) is 2.77. The highest BCUT2D eigenvalue weighted by molar-refractivity contribution is 6.25. The number of fused-ring (bicyclic) bond motifs is 3. The molecule has 0 spiro atoms. The Hall–Kier alpha value is -2.09. The average Bonchev–Trinajstić information content (AvgIpc) is 2.85. The fourth-order valence-electron chi connectivity index (χ4n) is 2.63. The largest absolute Gasteiger partial charge is 0.489 e. The summed E-state index contributed by atoms with van der Waals surface area (Å²) >= 11 is 0. The molecule has 2 aliphatic carbocycles. The molecule has 2 nitrogen and oxygen atoms in total. The van der Waals surface area contributed by atoms with Crippen LogP contribution in [0.5, 0.6) is 0 Å². The topological polar surface area (TPSA) is 26.3 Å². The van der Waals surface area contributed by atoms with Gasteiger partial charge in [0.2, 0.25) is 5.78 Å². The van der Waals surface area contributed by atoms with E-state index in [9.17, 15) is 4.79 Å². The van der Waals surface area contributed by atoms with Gasteiger partial charge in [-0.25, -0.2) is 0 Å². The Morgan fingerprint density at radius 2 is 1.90 bits per heavy atom. The van der Waals surface area contributed by atoms with Crippen LogP contribution in [0.25, 0.3) is 11.6 Å². The van der Waals surface area contributed by atoms with Gasteiger partial charge < -0.3 is 4.74 Å². The molecule has 1 aromatic rings. The SMILES string of the molecule is CCCCCOC1=CC=C2C(=Cc3ccccc32)C1=O. The fourth-order valence-corrected chi connectivity index (χ4v) is 2.63. The Balaban J connectivity index is 1.79. The van der Waals surface area contributed by atoms with Crippen LogP contribution in [0.4, 0.5) is 0 Å². The molecular weight excluding hydrogens is 248 g/mol. The summed E-state index contributed by atoms with van der Waals surface area (Å²) in [4.78, 5) is 12.4. The van der Waals surface area contributed by atoms with Gasteiger partial charge in [-0.05, 0) is 41.3 Å². The maximum atomic E-state index is 12.4. The second-order valence-electron chi connectivity index (χ2n) is 5.14. The number of carbonyl (C=O) groups is 1. The van der Waals surface area contributed by atoms with Crippen molar-refractivity contribution >= 4 is 17.4 Å². The minimum absolute atomic E-state index is 0.00944. The van der Waals surface area contributed by atoms with Crippen molar-refractivity contribution in [2.24, 2.45) is 0 Å². The van der Waals surface area contributed by atoms with Crippen LogP contribution >= 0.6 is 0 Å². The maximum Gasteiger partial charge on any atom is 0.228 e. The molecule has 0 atom stereocenters. The van der Waals surface area contributed by atoms with Gasteiger partial charge in [0.25, 0.3) is 0 Å². The zero-order valence-corrected chi connectivity index (χ0v) is 11.7. The Kier molecular flexibility index (Phi) is 3.55. The summed E-state index contributed by atoms with van der Waals surface area (Å²) in [5.41, 5.74) is 4.03. The van der Waals surface area contributed by atoms with Crippen LogP contribution in [0.15, 0.2) is 47.7 Å². The van der Waals surface area contributed by atoms with E-state index >= 15 is 0 Å². The molecule has 0 heterocycles. The standard InChI is InChI=1S/C18H18O2/c1-2-3-6-11-20-17-10-9-15-14-8-5-4-7-13(14)12-16(15)18(17)19/h4-5,7-10,12H,2-3,6,11H2,1H3. The molecule has 20 heavy (non-hydrogen) atoms. The number of allylic oxidation sites excluding steroid dienone is 4. The zero-order chi connectivity index (χ0) is 13.9. The lowest BCUT2D eigenvalue weighted by Gasteiger charge is -2.15. The van der Waals surface area contributed by atoms with E-state index in [1.165, 1.54) is 0 Å². The average molecular weight is 266 g/mol. The molecule has 0 aromatic heterocycles. The van der Waals surface area contributed by atoms with Crippen molar-refractivity contribution in [3.63, 3.8) is 0 Å². The Morgan fingerprint density at radius 3 is 2.75 bits per heavy atom. The van der Waals surface area contributed by atoms with Crippen LogP contribution in [-0.2, 0) is 9.53 Å². The Morgan fingerprint density at radius 1 is 1.05 bits per heavy atom. The first-order valence-electron chi connectivity index (χ1n) is 7.22. The van der Waals surface area contributed by atoms with E-state index < -0.39 is 0 Å². The highest BCUT2D eigenvalue weighted by Gasteiger charge is 2.29. The lowest BCUT2D eigenvalue weighted by Crippen LogP contribution is -2.12. The minimum atomic E-state index is 0.00944. The lowest BCUT2D eigenvalue weighted by atomic mass is 9.95. The van der Waals surface area contributed by atoms with Gasteiger partial charge in [0.15, 0.2) is 5.76 Å². The number of rotatable bonds is 5. The second-order valence-corrected chi connectivity index (χ2v) is 5.14. The highest BCUT2D eigenvalue weighted by atomic mass is 16.5. The summed E-state index contributed by atoms with van der Waals surface area (Å²) in [5, 5.41) is 0. The number of hydrogen-bond donors (Lipinski definition) is 0. The number of benzene rings is 1. The first-order valence-corrected chi connectivity index (χ1v) is 7.22. The zero-order valence-electron chi connectivity index (χ0n) is 11.7. The fraction of sp³-hybridized carbons (Fsp3) is 0.278. The van der Waals surface area contributed by atoms with Crippen LogP contribution in [-0.4, -0.2) is 12.4 Å². The second kappa shape index (κ2) is 5.49.